The van der Waals surface area contributed by atoms with Gasteiger partial charge in [0.2, 0.25) is 0 Å². The van der Waals surface area contributed by atoms with Crippen LogP contribution in [0.2, 0.25) is 0 Å². The Bertz CT molecular complexity index is 651. The highest BCUT2D eigenvalue weighted by Crippen LogP contribution is 2.42. The summed E-state index contributed by atoms with van der Waals surface area (Å²) in [5.41, 5.74) is 8.40. The van der Waals surface area contributed by atoms with E-state index in [4.69, 9.17) is 10.5 Å². The summed E-state index contributed by atoms with van der Waals surface area (Å²) in [5.74, 6) is -0.311. The molecule has 1 aliphatic heterocycles. The number of hydrogen-bond acceptors (Lipinski definition) is 5. The maximum Gasteiger partial charge on any atom is 0.339 e. The number of carbonyl (C=O) groups excluding carboxylic acids is 1. The van der Waals surface area contributed by atoms with Crippen LogP contribution in [0.3, 0.4) is 0 Å². The van der Waals surface area contributed by atoms with Gasteiger partial charge in [-0.1, -0.05) is 18.2 Å². The van der Waals surface area contributed by atoms with E-state index < -0.39 is 5.54 Å². The monoisotopic (exact) mass is 285 g/mol. The minimum atomic E-state index is -0.433. The average molecular weight is 285 g/mol. The molecule has 0 aromatic heterocycles. The second-order valence-electron chi connectivity index (χ2n) is 5.37. The molecule has 1 aromatic rings. The van der Waals surface area contributed by atoms with Gasteiger partial charge in [0.1, 0.15) is 6.10 Å². The van der Waals surface area contributed by atoms with Crippen molar-refractivity contribution in [2.45, 2.75) is 18.1 Å². The van der Waals surface area contributed by atoms with Crippen molar-refractivity contribution >= 4 is 11.7 Å². The number of carbonyl (C=O) groups is 1. The van der Waals surface area contributed by atoms with Gasteiger partial charge in [0.05, 0.1) is 11.1 Å². The van der Waals surface area contributed by atoms with Crippen LogP contribution in [0.5, 0.6) is 0 Å². The summed E-state index contributed by atoms with van der Waals surface area (Å²) in [4.78, 5) is 12.1. The number of nitrogens with two attached hydrogens (primary N) is 1. The maximum absolute atomic E-state index is 12.1. The molecule has 2 unspecified atom stereocenters. The molecule has 21 heavy (non-hydrogen) atoms. The number of anilines is 1. The molecule has 110 valence electrons. The Hall–Kier alpha value is -2.27. The Labute approximate surface area is 123 Å². The molecule has 0 bridgehead atoms. The van der Waals surface area contributed by atoms with Crippen molar-refractivity contribution in [1.82, 2.24) is 10.6 Å². The van der Waals surface area contributed by atoms with Crippen LogP contribution < -0.4 is 16.4 Å². The number of allylic oxidation sites excluding steroid dienone is 1. The fraction of sp³-hybridized carbons (Fsp3) is 0.312. The molecule has 2 atom stereocenters. The number of fused-ring (bicyclic) bond motifs is 1. The van der Waals surface area contributed by atoms with Gasteiger partial charge in [-0.15, -0.1) is 0 Å². The molecular formula is C16H19N3O2. The van der Waals surface area contributed by atoms with E-state index in [-0.39, 0.29) is 12.1 Å². The van der Waals surface area contributed by atoms with E-state index in [0.29, 0.717) is 11.3 Å². The molecule has 2 aliphatic rings. The summed E-state index contributed by atoms with van der Waals surface area (Å²) in [6.07, 6.45) is 6.54. The van der Waals surface area contributed by atoms with Gasteiger partial charge in [-0.25, -0.2) is 4.79 Å². The number of ether oxygens (including phenoxy) is 1. The first-order valence-electron chi connectivity index (χ1n) is 6.96. The Balaban J connectivity index is 2.00. The zero-order valence-corrected chi connectivity index (χ0v) is 12.1. The lowest BCUT2D eigenvalue weighted by molar-refractivity contribution is 0.0194. The van der Waals surface area contributed by atoms with Crippen LogP contribution in [0, 0.1) is 0 Å². The summed E-state index contributed by atoms with van der Waals surface area (Å²) in [5, 5.41) is 6.43. The van der Waals surface area contributed by atoms with Gasteiger partial charge in [-0.05, 0) is 31.7 Å². The number of likely N-dealkylation sites (N-methyl/N-ethyl adjacent to an activating group) is 2. The van der Waals surface area contributed by atoms with Gasteiger partial charge in [0, 0.05) is 24.0 Å². The molecule has 4 N–H and O–H groups in total. The molecule has 0 radical (unpaired) electrons. The van der Waals surface area contributed by atoms with E-state index in [1.807, 2.05) is 26.2 Å². The predicted octanol–water partition coefficient (Wildman–Crippen LogP) is 1.50. The Morgan fingerprint density at radius 1 is 1.38 bits per heavy atom. The van der Waals surface area contributed by atoms with Crippen LogP contribution in [-0.2, 0) is 4.74 Å². The summed E-state index contributed by atoms with van der Waals surface area (Å²) in [7, 11) is 3.77. The Kier molecular flexibility index (Phi) is 3.22. The van der Waals surface area contributed by atoms with Crippen LogP contribution in [0.1, 0.15) is 28.4 Å². The molecule has 0 amide bonds. The molecule has 0 saturated carbocycles. The second kappa shape index (κ2) is 4.93. The highest BCUT2D eigenvalue weighted by atomic mass is 16.6. The fourth-order valence-electron chi connectivity index (χ4n) is 2.95. The van der Waals surface area contributed by atoms with Crippen LogP contribution in [-0.4, -0.2) is 25.6 Å². The maximum atomic E-state index is 12.1. The number of esters is 1. The van der Waals surface area contributed by atoms with Gasteiger partial charge in [-0.2, -0.15) is 0 Å². The molecule has 0 spiro atoms. The van der Waals surface area contributed by atoms with E-state index in [1.165, 1.54) is 0 Å². The van der Waals surface area contributed by atoms with Crippen LogP contribution >= 0.6 is 0 Å². The van der Waals surface area contributed by atoms with Crippen molar-refractivity contribution in [3.05, 3.63) is 53.3 Å². The van der Waals surface area contributed by atoms with E-state index >= 15 is 0 Å². The van der Waals surface area contributed by atoms with Crippen LogP contribution in [0.15, 0.2) is 42.1 Å². The van der Waals surface area contributed by atoms with Crippen molar-refractivity contribution in [2.24, 2.45) is 0 Å². The van der Waals surface area contributed by atoms with Crippen LogP contribution in [0.4, 0.5) is 5.69 Å². The second-order valence-corrected chi connectivity index (χ2v) is 5.37. The molecule has 0 saturated heterocycles. The molecule has 5 heteroatoms. The largest absolute Gasteiger partial charge is 0.452 e. The number of benzene rings is 1. The van der Waals surface area contributed by atoms with E-state index in [1.54, 1.807) is 12.1 Å². The molecule has 1 aliphatic carbocycles. The highest BCUT2D eigenvalue weighted by molar-refractivity contribution is 5.95. The van der Waals surface area contributed by atoms with Crippen molar-refractivity contribution in [3.8, 4) is 0 Å². The number of cyclic esters (lactones) is 1. The Morgan fingerprint density at radius 2 is 2.19 bits per heavy atom. The Morgan fingerprint density at radius 3 is 2.81 bits per heavy atom. The van der Waals surface area contributed by atoms with Crippen molar-refractivity contribution in [1.29, 1.82) is 0 Å². The number of rotatable bonds is 3. The highest BCUT2D eigenvalue weighted by Gasteiger charge is 2.45. The first kappa shape index (κ1) is 13.7. The van der Waals surface area contributed by atoms with E-state index in [0.717, 1.165) is 17.7 Å². The minimum Gasteiger partial charge on any atom is -0.452 e. The lowest BCUT2D eigenvalue weighted by Crippen LogP contribution is -2.47. The number of hydrogen-bond donors (Lipinski definition) is 3. The first-order chi connectivity index (χ1) is 10.1. The lowest BCUT2D eigenvalue weighted by atomic mass is 9.81. The number of nitrogens with one attached hydrogen (secondary N) is 2. The molecule has 1 aromatic carbocycles. The first-order valence-corrected chi connectivity index (χ1v) is 6.96. The molecule has 1 heterocycles. The van der Waals surface area contributed by atoms with Crippen molar-refractivity contribution in [3.63, 3.8) is 0 Å². The summed E-state index contributed by atoms with van der Waals surface area (Å²) >= 11 is 0. The molecule has 0 fully saturated rings. The zero-order chi connectivity index (χ0) is 15.0. The topological polar surface area (TPSA) is 76.4 Å². The normalized spacial score (nSPS) is 27.0. The fourth-order valence-corrected chi connectivity index (χ4v) is 2.95. The van der Waals surface area contributed by atoms with Crippen LogP contribution in [0.25, 0.3) is 0 Å². The predicted molar refractivity (Wildman–Crippen MR) is 81.7 cm³/mol. The zero-order valence-electron chi connectivity index (χ0n) is 12.1. The lowest BCUT2D eigenvalue weighted by Gasteiger charge is -2.36. The quantitative estimate of drug-likeness (QED) is 0.579. The summed E-state index contributed by atoms with van der Waals surface area (Å²) in [6.45, 7) is 0. The average Bonchev–Trinajstić information content (AvgIpc) is 2.84. The van der Waals surface area contributed by atoms with E-state index in [2.05, 4.69) is 22.8 Å². The smallest absolute Gasteiger partial charge is 0.339 e. The molecule has 3 rings (SSSR count). The molecular weight excluding hydrogens is 266 g/mol. The third-order valence-corrected chi connectivity index (χ3v) is 4.25. The van der Waals surface area contributed by atoms with Crippen molar-refractivity contribution < 1.29 is 9.53 Å². The van der Waals surface area contributed by atoms with Gasteiger partial charge >= 0.3 is 5.97 Å². The third kappa shape index (κ3) is 2.10. The van der Waals surface area contributed by atoms with E-state index in [9.17, 15) is 4.79 Å². The van der Waals surface area contributed by atoms with Gasteiger partial charge < -0.3 is 21.1 Å². The van der Waals surface area contributed by atoms with Gasteiger partial charge in [0.25, 0.3) is 0 Å². The standard InChI is InChI=1S/C16H19N3O2/c1-18-11-5-7-16(19-2,8-6-11)14-12-4-3-10(17)9-13(12)15(20)21-14/h3-7,9,14,18-19H,8,17H2,1-2H3. The SMILES string of the molecule is CNC1=CCC(NC)(C2OC(=O)c3cc(N)ccc32)C=C1. The molecule has 5 nitrogen and oxygen atoms in total. The van der Waals surface area contributed by atoms with Crippen molar-refractivity contribution in [2.75, 3.05) is 19.8 Å². The summed E-state index contributed by atoms with van der Waals surface area (Å²) in [6, 6.07) is 5.37. The minimum absolute atomic E-state index is 0.311. The van der Waals surface area contributed by atoms with Gasteiger partial charge in [0.15, 0.2) is 0 Å². The number of nitrogen functional groups attached to an aromatic ring is 1. The summed E-state index contributed by atoms with van der Waals surface area (Å²) < 4.78 is 5.63. The third-order valence-electron chi connectivity index (χ3n) is 4.25. The van der Waals surface area contributed by atoms with Gasteiger partial charge in [-0.3, -0.25) is 0 Å².